The summed E-state index contributed by atoms with van der Waals surface area (Å²) in [7, 11) is 1.60. The van der Waals surface area contributed by atoms with Gasteiger partial charge in [-0.05, 0) is 6.07 Å². The molecule has 0 bridgehead atoms. The van der Waals surface area contributed by atoms with Crippen molar-refractivity contribution in [3.05, 3.63) is 23.8 Å². The molecule has 0 fully saturated rings. The SMILES string of the molecule is COc1ccc2c(c1)O[C@H](COCC(O)CO)C[C@@H]2N. The Bertz CT molecular complexity index is 440. The average Bonchev–Trinajstić information content (AvgIpc) is 2.46. The fourth-order valence-electron chi connectivity index (χ4n) is 2.18. The van der Waals surface area contributed by atoms with Crippen molar-refractivity contribution < 1.29 is 24.4 Å². The number of hydrogen-bond acceptors (Lipinski definition) is 6. The van der Waals surface area contributed by atoms with Crippen LogP contribution in [0.1, 0.15) is 18.0 Å². The van der Waals surface area contributed by atoms with Gasteiger partial charge in [0.15, 0.2) is 0 Å². The van der Waals surface area contributed by atoms with Gasteiger partial charge in [-0.15, -0.1) is 0 Å². The van der Waals surface area contributed by atoms with Gasteiger partial charge in [0.2, 0.25) is 0 Å². The van der Waals surface area contributed by atoms with Gasteiger partial charge >= 0.3 is 0 Å². The van der Waals surface area contributed by atoms with E-state index in [4.69, 9.17) is 25.1 Å². The zero-order valence-corrected chi connectivity index (χ0v) is 11.5. The Kier molecular flexibility index (Phi) is 5.19. The first-order valence-corrected chi connectivity index (χ1v) is 6.61. The number of fused-ring (bicyclic) bond motifs is 1. The highest BCUT2D eigenvalue weighted by molar-refractivity contribution is 5.43. The van der Waals surface area contributed by atoms with Crippen LogP contribution in [0, 0.1) is 0 Å². The molecule has 4 N–H and O–H groups in total. The summed E-state index contributed by atoms with van der Waals surface area (Å²) in [6.07, 6.45) is -0.385. The molecule has 6 nitrogen and oxygen atoms in total. The van der Waals surface area contributed by atoms with Crippen molar-refractivity contribution in [3.8, 4) is 11.5 Å². The van der Waals surface area contributed by atoms with Crippen LogP contribution in [0.25, 0.3) is 0 Å². The van der Waals surface area contributed by atoms with Crippen LogP contribution in [0.4, 0.5) is 0 Å². The molecule has 20 heavy (non-hydrogen) atoms. The normalized spacial score (nSPS) is 22.8. The molecule has 0 saturated heterocycles. The Labute approximate surface area is 118 Å². The molecule has 6 heteroatoms. The van der Waals surface area contributed by atoms with Crippen molar-refractivity contribution in [1.82, 2.24) is 0 Å². The molecule has 2 rings (SSSR count). The Hall–Kier alpha value is -1.34. The molecule has 112 valence electrons. The average molecular weight is 283 g/mol. The quantitative estimate of drug-likeness (QED) is 0.691. The standard InChI is InChI=1S/C14H21NO5/c1-18-10-2-3-12-13(15)4-11(20-14(12)5-10)8-19-7-9(17)6-16/h2-3,5,9,11,13,16-17H,4,6-8,15H2,1H3/t9?,11-,13-/m0/s1. The Morgan fingerprint density at radius 3 is 3.00 bits per heavy atom. The van der Waals surface area contributed by atoms with E-state index in [1.807, 2.05) is 18.2 Å². The van der Waals surface area contributed by atoms with Crippen molar-refractivity contribution in [2.24, 2.45) is 5.73 Å². The summed E-state index contributed by atoms with van der Waals surface area (Å²) in [5, 5.41) is 17.9. The Morgan fingerprint density at radius 1 is 1.50 bits per heavy atom. The molecule has 0 saturated carbocycles. The number of benzene rings is 1. The number of aliphatic hydroxyl groups excluding tert-OH is 2. The molecule has 0 spiro atoms. The number of ether oxygens (including phenoxy) is 3. The monoisotopic (exact) mass is 283 g/mol. The van der Waals surface area contributed by atoms with E-state index in [2.05, 4.69) is 0 Å². The minimum atomic E-state index is -0.861. The zero-order valence-electron chi connectivity index (χ0n) is 11.5. The Balaban J connectivity index is 1.95. The molecule has 0 amide bonds. The number of methoxy groups -OCH3 is 1. The summed E-state index contributed by atoms with van der Waals surface area (Å²) in [5.74, 6) is 1.42. The minimum Gasteiger partial charge on any atom is -0.497 e. The highest BCUT2D eigenvalue weighted by Gasteiger charge is 2.26. The van der Waals surface area contributed by atoms with Gasteiger partial charge in [-0.2, -0.15) is 0 Å². The first-order chi connectivity index (χ1) is 9.63. The predicted octanol–water partition coefficient (Wildman–Crippen LogP) is 0.216. The number of hydrogen-bond donors (Lipinski definition) is 3. The second-order valence-corrected chi connectivity index (χ2v) is 4.86. The third-order valence-electron chi connectivity index (χ3n) is 3.26. The highest BCUT2D eigenvalue weighted by Crippen LogP contribution is 2.35. The lowest BCUT2D eigenvalue weighted by molar-refractivity contribution is -0.0241. The van der Waals surface area contributed by atoms with Crippen LogP contribution in [0.2, 0.25) is 0 Å². The molecule has 1 aliphatic heterocycles. The van der Waals surface area contributed by atoms with Crippen LogP contribution >= 0.6 is 0 Å². The van der Waals surface area contributed by atoms with Gasteiger partial charge < -0.3 is 30.2 Å². The fraction of sp³-hybridized carbons (Fsp3) is 0.571. The van der Waals surface area contributed by atoms with E-state index in [1.165, 1.54) is 0 Å². The van der Waals surface area contributed by atoms with E-state index in [1.54, 1.807) is 7.11 Å². The van der Waals surface area contributed by atoms with Gasteiger partial charge in [-0.3, -0.25) is 0 Å². The maximum Gasteiger partial charge on any atom is 0.128 e. The van der Waals surface area contributed by atoms with E-state index in [0.29, 0.717) is 24.5 Å². The molecule has 3 atom stereocenters. The molecular formula is C14H21NO5. The van der Waals surface area contributed by atoms with E-state index < -0.39 is 6.10 Å². The van der Waals surface area contributed by atoms with Crippen molar-refractivity contribution in [1.29, 1.82) is 0 Å². The fourth-order valence-corrected chi connectivity index (χ4v) is 2.18. The minimum absolute atomic E-state index is 0.0799. The largest absolute Gasteiger partial charge is 0.497 e. The van der Waals surface area contributed by atoms with Crippen LogP contribution < -0.4 is 15.2 Å². The summed E-state index contributed by atoms with van der Waals surface area (Å²) >= 11 is 0. The molecule has 1 aliphatic rings. The van der Waals surface area contributed by atoms with Crippen LogP contribution in [-0.2, 0) is 4.74 Å². The molecule has 0 aliphatic carbocycles. The van der Waals surface area contributed by atoms with Crippen LogP contribution in [0.3, 0.4) is 0 Å². The second-order valence-electron chi connectivity index (χ2n) is 4.86. The zero-order chi connectivity index (χ0) is 14.5. The van der Waals surface area contributed by atoms with Crippen LogP contribution in [0.5, 0.6) is 11.5 Å². The summed E-state index contributed by atoms with van der Waals surface area (Å²) in [6.45, 7) is 0.0864. The van der Waals surface area contributed by atoms with E-state index >= 15 is 0 Å². The van der Waals surface area contributed by atoms with Gasteiger partial charge in [0.1, 0.15) is 23.7 Å². The van der Waals surface area contributed by atoms with Gasteiger partial charge in [-0.1, -0.05) is 6.07 Å². The maximum absolute atomic E-state index is 9.21. The molecule has 1 unspecified atom stereocenters. The van der Waals surface area contributed by atoms with Crippen LogP contribution in [0.15, 0.2) is 18.2 Å². The number of rotatable bonds is 6. The van der Waals surface area contributed by atoms with Crippen LogP contribution in [-0.4, -0.2) is 49.4 Å². The second kappa shape index (κ2) is 6.90. The van der Waals surface area contributed by atoms with Crippen molar-refractivity contribution in [3.63, 3.8) is 0 Å². The van der Waals surface area contributed by atoms with Crippen molar-refractivity contribution in [2.75, 3.05) is 26.9 Å². The van der Waals surface area contributed by atoms with E-state index in [9.17, 15) is 5.11 Å². The number of aliphatic hydroxyl groups is 2. The summed E-state index contributed by atoms with van der Waals surface area (Å²) in [6, 6.07) is 5.47. The highest BCUT2D eigenvalue weighted by atomic mass is 16.5. The lowest BCUT2D eigenvalue weighted by Gasteiger charge is -2.30. The van der Waals surface area contributed by atoms with Gasteiger partial charge in [0, 0.05) is 24.1 Å². The van der Waals surface area contributed by atoms with Gasteiger partial charge in [0.05, 0.1) is 26.9 Å². The van der Waals surface area contributed by atoms with Gasteiger partial charge in [-0.25, -0.2) is 0 Å². The maximum atomic E-state index is 9.21. The predicted molar refractivity (Wildman–Crippen MR) is 72.9 cm³/mol. The molecule has 1 aromatic carbocycles. The first-order valence-electron chi connectivity index (χ1n) is 6.61. The Morgan fingerprint density at radius 2 is 2.30 bits per heavy atom. The summed E-state index contributed by atoms with van der Waals surface area (Å²) in [5.41, 5.74) is 7.08. The molecule has 0 radical (unpaired) electrons. The smallest absolute Gasteiger partial charge is 0.128 e. The van der Waals surface area contributed by atoms with Crippen molar-refractivity contribution in [2.45, 2.75) is 24.7 Å². The molecular weight excluding hydrogens is 262 g/mol. The van der Waals surface area contributed by atoms with E-state index in [-0.39, 0.29) is 25.4 Å². The summed E-state index contributed by atoms with van der Waals surface area (Å²) < 4.78 is 16.3. The number of nitrogens with two attached hydrogens (primary N) is 1. The van der Waals surface area contributed by atoms with Crippen molar-refractivity contribution >= 4 is 0 Å². The molecule has 0 aromatic heterocycles. The lowest BCUT2D eigenvalue weighted by atomic mass is 9.97. The van der Waals surface area contributed by atoms with E-state index in [0.717, 1.165) is 5.56 Å². The third kappa shape index (κ3) is 3.61. The lowest BCUT2D eigenvalue weighted by Crippen LogP contribution is -2.34. The topological polar surface area (TPSA) is 94.2 Å². The first kappa shape index (κ1) is 15.1. The molecule has 1 aromatic rings. The van der Waals surface area contributed by atoms with Gasteiger partial charge in [0.25, 0.3) is 0 Å². The summed E-state index contributed by atoms with van der Waals surface area (Å²) in [4.78, 5) is 0. The molecule has 1 heterocycles. The third-order valence-corrected chi connectivity index (χ3v) is 3.26.